The Morgan fingerprint density at radius 3 is 2.54 bits per heavy atom. The van der Waals surface area contributed by atoms with Gasteiger partial charge in [-0.3, -0.25) is 4.72 Å². The van der Waals surface area contributed by atoms with Gasteiger partial charge in [0.15, 0.2) is 0 Å². The molecule has 0 aliphatic rings. The van der Waals surface area contributed by atoms with E-state index in [4.69, 9.17) is 0 Å². The minimum atomic E-state index is -3.80. The molecule has 6 nitrogen and oxygen atoms in total. The highest BCUT2D eigenvalue weighted by atomic mass is 32.2. The van der Waals surface area contributed by atoms with Crippen LogP contribution in [0.15, 0.2) is 41.4 Å². The van der Waals surface area contributed by atoms with E-state index in [0.717, 1.165) is 24.8 Å². The molecule has 0 saturated heterocycles. The van der Waals surface area contributed by atoms with Gasteiger partial charge in [-0.15, -0.1) is 0 Å². The van der Waals surface area contributed by atoms with Gasteiger partial charge in [-0.25, -0.2) is 17.8 Å². The van der Waals surface area contributed by atoms with Gasteiger partial charge in [-0.2, -0.15) is 0 Å². The van der Waals surface area contributed by atoms with Gasteiger partial charge in [-0.1, -0.05) is 0 Å². The monoisotopic (exact) mass is 352 g/mol. The first-order valence-corrected chi connectivity index (χ1v) is 8.90. The lowest BCUT2D eigenvalue weighted by Crippen LogP contribution is -2.20. The van der Waals surface area contributed by atoms with Crippen LogP contribution in [0.5, 0.6) is 0 Å². The van der Waals surface area contributed by atoms with Crippen LogP contribution in [0.4, 0.5) is 15.9 Å². The highest BCUT2D eigenvalue weighted by Crippen LogP contribution is 2.18. The fraction of sp³-hybridized carbons (Fsp3) is 0.312. The van der Waals surface area contributed by atoms with Crippen LogP contribution in [-0.4, -0.2) is 45.5 Å². The Morgan fingerprint density at radius 1 is 1.21 bits per heavy atom. The van der Waals surface area contributed by atoms with E-state index in [1.54, 1.807) is 18.3 Å². The fourth-order valence-corrected chi connectivity index (χ4v) is 3.06. The first-order valence-electron chi connectivity index (χ1n) is 7.41. The van der Waals surface area contributed by atoms with Gasteiger partial charge in [0.2, 0.25) is 0 Å². The fourth-order valence-electron chi connectivity index (χ4n) is 1.96. The smallest absolute Gasteiger partial charge is 0.263 e. The number of likely N-dealkylation sites (N-methyl/N-ethyl adjacent to an activating group) is 1. The third kappa shape index (κ3) is 4.90. The molecule has 130 valence electrons. The number of halogens is 1. The molecule has 0 fully saturated rings. The van der Waals surface area contributed by atoms with E-state index in [2.05, 4.69) is 15.0 Å². The summed E-state index contributed by atoms with van der Waals surface area (Å²) in [5, 5.41) is 3.19. The number of aryl methyl sites for hydroxylation is 1. The summed E-state index contributed by atoms with van der Waals surface area (Å²) in [5.41, 5.74) is 1.07. The molecule has 0 atom stereocenters. The molecule has 0 aliphatic carbocycles. The summed E-state index contributed by atoms with van der Waals surface area (Å²) < 4.78 is 40.3. The topological polar surface area (TPSA) is 74.3 Å². The molecule has 0 aliphatic heterocycles. The lowest BCUT2D eigenvalue weighted by atomic mass is 10.2. The van der Waals surface area contributed by atoms with Crippen molar-refractivity contribution in [2.45, 2.75) is 11.8 Å². The Kier molecular flexibility index (Phi) is 5.74. The summed E-state index contributed by atoms with van der Waals surface area (Å²) in [5.74, 6) is -0.240. The third-order valence-electron chi connectivity index (χ3n) is 3.33. The standard InChI is InChI=1S/C16H21FN4O2S/c1-12-10-14(5-6-15(12)17)24(22,23)20-16-7-4-13(11-19-16)18-8-9-21(2)3/h4-7,10-11,18H,8-9H2,1-3H3,(H,19,20). The summed E-state index contributed by atoms with van der Waals surface area (Å²) in [6, 6.07) is 6.97. The van der Waals surface area contributed by atoms with Crippen LogP contribution in [0.1, 0.15) is 5.56 Å². The summed E-state index contributed by atoms with van der Waals surface area (Å²) in [4.78, 5) is 6.13. The normalized spacial score (nSPS) is 11.5. The van der Waals surface area contributed by atoms with Crippen LogP contribution in [0, 0.1) is 12.7 Å². The van der Waals surface area contributed by atoms with Gasteiger partial charge < -0.3 is 10.2 Å². The van der Waals surface area contributed by atoms with Crippen molar-refractivity contribution < 1.29 is 12.8 Å². The Hall–Kier alpha value is -2.19. The molecule has 2 N–H and O–H groups in total. The van der Waals surface area contributed by atoms with E-state index >= 15 is 0 Å². The van der Waals surface area contributed by atoms with Gasteiger partial charge in [-0.05, 0) is 56.9 Å². The second-order valence-corrected chi connectivity index (χ2v) is 7.36. The van der Waals surface area contributed by atoms with Crippen molar-refractivity contribution >= 4 is 21.5 Å². The highest BCUT2D eigenvalue weighted by Gasteiger charge is 2.16. The average molecular weight is 352 g/mol. The number of rotatable bonds is 7. The number of nitrogens with zero attached hydrogens (tertiary/aromatic N) is 2. The molecule has 1 aromatic carbocycles. The Morgan fingerprint density at radius 2 is 1.96 bits per heavy atom. The SMILES string of the molecule is Cc1cc(S(=O)(=O)Nc2ccc(NCCN(C)C)cn2)ccc1F. The zero-order valence-corrected chi connectivity index (χ0v) is 14.7. The number of anilines is 2. The predicted molar refractivity (Wildman–Crippen MR) is 93.2 cm³/mol. The van der Waals surface area contributed by atoms with Crippen molar-refractivity contribution in [2.75, 3.05) is 37.2 Å². The van der Waals surface area contributed by atoms with Gasteiger partial charge in [0.05, 0.1) is 16.8 Å². The molecule has 8 heteroatoms. The molecule has 0 unspecified atom stereocenters. The maximum atomic E-state index is 13.3. The van der Waals surface area contributed by atoms with Crippen molar-refractivity contribution in [1.82, 2.24) is 9.88 Å². The summed E-state index contributed by atoms with van der Waals surface area (Å²) in [6.45, 7) is 3.15. The molecule has 0 amide bonds. The number of sulfonamides is 1. The Balaban J connectivity index is 2.05. The molecule has 0 saturated carbocycles. The molecule has 24 heavy (non-hydrogen) atoms. The minimum Gasteiger partial charge on any atom is -0.383 e. The molecular formula is C16H21FN4O2S. The molecule has 0 bridgehead atoms. The third-order valence-corrected chi connectivity index (χ3v) is 4.68. The molecule has 1 heterocycles. The van der Waals surface area contributed by atoms with Crippen molar-refractivity contribution in [3.63, 3.8) is 0 Å². The lowest BCUT2D eigenvalue weighted by molar-refractivity contribution is 0.425. The molecule has 2 aromatic rings. The largest absolute Gasteiger partial charge is 0.383 e. The zero-order chi connectivity index (χ0) is 17.7. The lowest BCUT2D eigenvalue weighted by Gasteiger charge is -2.12. The summed E-state index contributed by atoms with van der Waals surface area (Å²) in [7, 11) is 0.162. The van der Waals surface area contributed by atoms with Crippen LogP contribution in [-0.2, 0) is 10.0 Å². The van der Waals surface area contributed by atoms with Gasteiger partial charge in [0.1, 0.15) is 11.6 Å². The van der Waals surface area contributed by atoms with Crippen LogP contribution in [0.25, 0.3) is 0 Å². The van der Waals surface area contributed by atoms with Crippen molar-refractivity contribution in [3.05, 3.63) is 47.9 Å². The summed E-state index contributed by atoms with van der Waals surface area (Å²) in [6.07, 6.45) is 1.56. The molecule has 2 rings (SSSR count). The van der Waals surface area contributed by atoms with E-state index in [9.17, 15) is 12.8 Å². The van der Waals surface area contributed by atoms with E-state index < -0.39 is 15.8 Å². The van der Waals surface area contributed by atoms with Crippen LogP contribution < -0.4 is 10.0 Å². The van der Waals surface area contributed by atoms with E-state index in [1.807, 2.05) is 19.0 Å². The van der Waals surface area contributed by atoms with Crippen LogP contribution in [0.2, 0.25) is 0 Å². The van der Waals surface area contributed by atoms with E-state index in [-0.39, 0.29) is 16.3 Å². The van der Waals surface area contributed by atoms with Gasteiger partial charge in [0.25, 0.3) is 10.0 Å². The van der Waals surface area contributed by atoms with Crippen molar-refractivity contribution in [1.29, 1.82) is 0 Å². The van der Waals surface area contributed by atoms with Crippen LogP contribution in [0.3, 0.4) is 0 Å². The maximum absolute atomic E-state index is 13.3. The van der Waals surface area contributed by atoms with E-state index in [1.165, 1.54) is 19.1 Å². The van der Waals surface area contributed by atoms with Crippen molar-refractivity contribution in [2.24, 2.45) is 0 Å². The number of nitrogens with one attached hydrogen (secondary N) is 2. The second kappa shape index (κ2) is 7.59. The number of hydrogen-bond acceptors (Lipinski definition) is 5. The minimum absolute atomic E-state index is 0.00335. The molecule has 0 radical (unpaired) electrons. The zero-order valence-electron chi connectivity index (χ0n) is 13.9. The van der Waals surface area contributed by atoms with E-state index in [0.29, 0.717) is 0 Å². The molecular weight excluding hydrogens is 331 g/mol. The van der Waals surface area contributed by atoms with Gasteiger partial charge >= 0.3 is 0 Å². The number of aromatic nitrogens is 1. The molecule has 1 aromatic heterocycles. The number of benzene rings is 1. The highest BCUT2D eigenvalue weighted by molar-refractivity contribution is 7.92. The average Bonchev–Trinajstić information content (AvgIpc) is 2.51. The number of pyridine rings is 1. The predicted octanol–water partition coefficient (Wildman–Crippen LogP) is 2.30. The molecule has 0 spiro atoms. The maximum Gasteiger partial charge on any atom is 0.263 e. The Labute approximate surface area is 141 Å². The Bertz CT molecular complexity index is 792. The first-order chi connectivity index (χ1) is 11.3. The van der Waals surface area contributed by atoms with Gasteiger partial charge in [0, 0.05) is 13.1 Å². The van der Waals surface area contributed by atoms with Crippen molar-refractivity contribution in [3.8, 4) is 0 Å². The van der Waals surface area contributed by atoms with Crippen LogP contribution >= 0.6 is 0 Å². The summed E-state index contributed by atoms with van der Waals surface area (Å²) >= 11 is 0. The number of hydrogen-bond donors (Lipinski definition) is 2. The first kappa shape index (κ1) is 18.2. The second-order valence-electron chi connectivity index (χ2n) is 5.68. The quantitative estimate of drug-likeness (QED) is 0.800.